The van der Waals surface area contributed by atoms with Gasteiger partial charge in [-0.3, -0.25) is 9.78 Å². The maximum absolute atomic E-state index is 10.9. The van der Waals surface area contributed by atoms with Gasteiger partial charge >= 0.3 is 0 Å². The van der Waals surface area contributed by atoms with Crippen molar-refractivity contribution in [1.82, 2.24) is 9.55 Å². The van der Waals surface area contributed by atoms with E-state index in [0.29, 0.717) is 11.3 Å². The summed E-state index contributed by atoms with van der Waals surface area (Å²) < 4.78 is 1.74. The van der Waals surface area contributed by atoms with E-state index in [0.717, 1.165) is 17.7 Å². The lowest BCUT2D eigenvalue weighted by Crippen LogP contribution is -2.01. The van der Waals surface area contributed by atoms with Crippen LogP contribution in [0.5, 0.6) is 0 Å². The number of carbonyl (C=O) groups excluding carboxylic acids is 1. The van der Waals surface area contributed by atoms with E-state index in [1.165, 1.54) is 0 Å². The fourth-order valence-corrected chi connectivity index (χ4v) is 1.67. The number of rotatable bonds is 2. The fraction of sp³-hybridized carbons (Fsp3) is 0.0833. The van der Waals surface area contributed by atoms with E-state index in [1.807, 2.05) is 6.92 Å². The maximum Gasteiger partial charge on any atom is 0.166 e. The van der Waals surface area contributed by atoms with Gasteiger partial charge in [0.25, 0.3) is 0 Å². The first-order valence-corrected chi connectivity index (χ1v) is 4.76. The van der Waals surface area contributed by atoms with Crippen LogP contribution in [-0.2, 0) is 0 Å². The standard InChI is InChI=1S/C12H9N3O/c1-9-10(7-13)6-12(8-16)15(9)11-2-4-14-5-3-11/h2-6,8H,1H3. The number of pyridine rings is 1. The van der Waals surface area contributed by atoms with Crippen LogP contribution in [-0.4, -0.2) is 15.8 Å². The molecule has 0 aromatic carbocycles. The van der Waals surface area contributed by atoms with E-state index in [-0.39, 0.29) is 0 Å². The molecule has 0 saturated carbocycles. The summed E-state index contributed by atoms with van der Waals surface area (Å²) in [5.74, 6) is 0. The van der Waals surface area contributed by atoms with Crippen LogP contribution in [0.15, 0.2) is 30.6 Å². The highest BCUT2D eigenvalue weighted by Crippen LogP contribution is 2.18. The van der Waals surface area contributed by atoms with Crippen molar-refractivity contribution in [2.45, 2.75) is 6.92 Å². The first kappa shape index (κ1) is 10.1. The first-order chi connectivity index (χ1) is 7.77. The third-order valence-electron chi connectivity index (χ3n) is 2.44. The summed E-state index contributed by atoms with van der Waals surface area (Å²) in [6, 6.07) is 7.24. The van der Waals surface area contributed by atoms with Crippen LogP contribution >= 0.6 is 0 Å². The van der Waals surface area contributed by atoms with Crippen LogP contribution < -0.4 is 0 Å². The van der Waals surface area contributed by atoms with Crippen molar-refractivity contribution >= 4 is 6.29 Å². The van der Waals surface area contributed by atoms with Gasteiger partial charge in [-0.05, 0) is 25.1 Å². The van der Waals surface area contributed by atoms with Gasteiger partial charge in [-0.25, -0.2) is 0 Å². The molecule has 0 bridgehead atoms. The third-order valence-corrected chi connectivity index (χ3v) is 2.44. The van der Waals surface area contributed by atoms with Gasteiger partial charge in [0.05, 0.1) is 11.3 Å². The average Bonchev–Trinajstić information content (AvgIpc) is 2.66. The maximum atomic E-state index is 10.9. The van der Waals surface area contributed by atoms with Crippen LogP contribution in [0, 0.1) is 18.3 Å². The largest absolute Gasteiger partial charge is 0.310 e. The molecule has 0 aliphatic rings. The minimum Gasteiger partial charge on any atom is -0.310 e. The Morgan fingerprint density at radius 3 is 2.69 bits per heavy atom. The summed E-state index contributed by atoms with van der Waals surface area (Å²) in [4.78, 5) is 14.9. The molecule has 0 N–H and O–H groups in total. The van der Waals surface area contributed by atoms with E-state index in [4.69, 9.17) is 5.26 Å². The van der Waals surface area contributed by atoms with Gasteiger partial charge < -0.3 is 4.57 Å². The summed E-state index contributed by atoms with van der Waals surface area (Å²) in [7, 11) is 0. The average molecular weight is 211 g/mol. The molecule has 0 saturated heterocycles. The predicted octanol–water partition coefficient (Wildman–Crippen LogP) is 1.86. The summed E-state index contributed by atoms with van der Waals surface area (Å²) in [5.41, 5.74) is 2.58. The molecule has 4 heteroatoms. The fourth-order valence-electron chi connectivity index (χ4n) is 1.67. The Labute approximate surface area is 92.8 Å². The number of carbonyl (C=O) groups is 1. The van der Waals surface area contributed by atoms with Crippen LogP contribution in [0.3, 0.4) is 0 Å². The van der Waals surface area contributed by atoms with Crippen LogP contribution in [0.1, 0.15) is 21.7 Å². The predicted molar refractivity (Wildman–Crippen MR) is 58.4 cm³/mol. The molecule has 0 spiro atoms. The zero-order valence-corrected chi connectivity index (χ0v) is 8.71. The second-order valence-electron chi connectivity index (χ2n) is 3.34. The molecular formula is C12H9N3O. The highest BCUT2D eigenvalue weighted by atomic mass is 16.1. The van der Waals surface area contributed by atoms with Crippen molar-refractivity contribution in [3.05, 3.63) is 47.5 Å². The molecule has 0 unspecified atom stereocenters. The molecule has 2 heterocycles. The van der Waals surface area contributed by atoms with E-state index < -0.39 is 0 Å². The first-order valence-electron chi connectivity index (χ1n) is 4.76. The van der Waals surface area contributed by atoms with Gasteiger partial charge in [-0.1, -0.05) is 0 Å². The normalized spacial score (nSPS) is 9.75. The smallest absolute Gasteiger partial charge is 0.166 e. The Bertz CT molecular complexity index is 564. The molecule has 78 valence electrons. The molecule has 0 aliphatic carbocycles. The molecule has 0 aliphatic heterocycles. The van der Waals surface area contributed by atoms with Gasteiger partial charge in [0.15, 0.2) is 6.29 Å². The van der Waals surface area contributed by atoms with E-state index in [9.17, 15) is 4.79 Å². The number of hydrogen-bond acceptors (Lipinski definition) is 3. The molecule has 0 fully saturated rings. The Hall–Kier alpha value is -2.41. The molecule has 16 heavy (non-hydrogen) atoms. The Kier molecular flexibility index (Phi) is 2.52. The monoisotopic (exact) mass is 211 g/mol. The Morgan fingerprint density at radius 2 is 2.12 bits per heavy atom. The molecule has 4 nitrogen and oxygen atoms in total. The zero-order chi connectivity index (χ0) is 11.5. The lowest BCUT2D eigenvalue weighted by atomic mass is 10.3. The second-order valence-corrected chi connectivity index (χ2v) is 3.34. The number of nitriles is 1. The quantitative estimate of drug-likeness (QED) is 0.712. The van der Waals surface area contributed by atoms with Crippen molar-refractivity contribution in [3.8, 4) is 11.8 Å². The third kappa shape index (κ3) is 1.48. The van der Waals surface area contributed by atoms with Crippen molar-refractivity contribution in [2.75, 3.05) is 0 Å². The van der Waals surface area contributed by atoms with Crippen molar-refractivity contribution in [1.29, 1.82) is 5.26 Å². The molecule has 0 radical (unpaired) electrons. The van der Waals surface area contributed by atoms with Crippen molar-refractivity contribution < 1.29 is 4.79 Å². The lowest BCUT2D eigenvalue weighted by molar-refractivity contribution is 0.111. The number of nitrogens with zero attached hydrogens (tertiary/aromatic N) is 3. The second kappa shape index (κ2) is 3.99. The SMILES string of the molecule is Cc1c(C#N)cc(C=O)n1-c1ccncc1. The molecule has 0 atom stereocenters. The van der Waals surface area contributed by atoms with Crippen molar-refractivity contribution in [2.24, 2.45) is 0 Å². The summed E-state index contributed by atoms with van der Waals surface area (Å²) >= 11 is 0. The molecular weight excluding hydrogens is 202 g/mol. The van der Waals surface area contributed by atoms with E-state index in [2.05, 4.69) is 11.1 Å². The summed E-state index contributed by atoms with van der Waals surface area (Å²) in [6.45, 7) is 1.81. The van der Waals surface area contributed by atoms with Gasteiger partial charge in [0, 0.05) is 23.8 Å². The van der Waals surface area contributed by atoms with E-state index in [1.54, 1.807) is 35.2 Å². The summed E-state index contributed by atoms with van der Waals surface area (Å²) in [5, 5.41) is 8.91. The van der Waals surface area contributed by atoms with Gasteiger partial charge in [0.2, 0.25) is 0 Å². The van der Waals surface area contributed by atoms with Gasteiger partial charge in [-0.2, -0.15) is 5.26 Å². The van der Waals surface area contributed by atoms with Crippen molar-refractivity contribution in [3.63, 3.8) is 0 Å². The van der Waals surface area contributed by atoms with E-state index >= 15 is 0 Å². The van der Waals surface area contributed by atoms with Crippen LogP contribution in [0.2, 0.25) is 0 Å². The van der Waals surface area contributed by atoms with Gasteiger partial charge in [0.1, 0.15) is 6.07 Å². The topological polar surface area (TPSA) is 58.7 Å². The Morgan fingerprint density at radius 1 is 1.44 bits per heavy atom. The molecule has 2 rings (SSSR count). The Balaban J connectivity index is 2.70. The molecule has 0 amide bonds. The zero-order valence-electron chi connectivity index (χ0n) is 8.71. The molecule has 2 aromatic rings. The highest BCUT2D eigenvalue weighted by Gasteiger charge is 2.11. The number of aldehydes is 1. The number of hydrogen-bond donors (Lipinski definition) is 0. The highest BCUT2D eigenvalue weighted by molar-refractivity contribution is 5.76. The van der Waals surface area contributed by atoms with Crippen LogP contribution in [0.4, 0.5) is 0 Å². The summed E-state index contributed by atoms with van der Waals surface area (Å²) in [6.07, 6.45) is 4.04. The molecule has 2 aromatic heterocycles. The minimum absolute atomic E-state index is 0.472. The minimum atomic E-state index is 0.472. The lowest BCUT2D eigenvalue weighted by Gasteiger charge is -2.07. The van der Waals surface area contributed by atoms with Crippen LogP contribution in [0.25, 0.3) is 5.69 Å². The number of aromatic nitrogens is 2. The van der Waals surface area contributed by atoms with Gasteiger partial charge in [-0.15, -0.1) is 0 Å².